The van der Waals surface area contributed by atoms with Crippen LogP contribution in [0.5, 0.6) is 0 Å². The van der Waals surface area contributed by atoms with E-state index in [4.69, 9.17) is 0 Å². The van der Waals surface area contributed by atoms with Crippen molar-refractivity contribution in [3.05, 3.63) is 64.4 Å². The lowest BCUT2D eigenvalue weighted by molar-refractivity contribution is -0.145. The molecule has 1 aromatic heterocycles. The average molecular weight is 375 g/mol. The maximum absolute atomic E-state index is 11.8. The van der Waals surface area contributed by atoms with Crippen LogP contribution in [0.3, 0.4) is 0 Å². The van der Waals surface area contributed by atoms with E-state index in [0.717, 1.165) is 35.0 Å². The van der Waals surface area contributed by atoms with Gasteiger partial charge in [0.25, 0.3) is 0 Å². The minimum absolute atomic E-state index is 0.0880. The lowest BCUT2D eigenvalue weighted by Gasteiger charge is -2.40. The third-order valence-electron chi connectivity index (χ3n) is 4.38. The van der Waals surface area contributed by atoms with Crippen LogP contribution in [0.15, 0.2) is 53.3 Å². The Morgan fingerprint density at radius 3 is 2.65 bits per heavy atom. The molecule has 23 heavy (non-hydrogen) atoms. The van der Waals surface area contributed by atoms with Crippen LogP contribution in [-0.4, -0.2) is 33.5 Å². The number of piperidine rings is 1. The van der Waals surface area contributed by atoms with Crippen LogP contribution in [0.25, 0.3) is 0 Å². The topological polar surface area (TPSA) is 53.4 Å². The van der Waals surface area contributed by atoms with Crippen LogP contribution >= 0.6 is 15.9 Å². The summed E-state index contributed by atoms with van der Waals surface area (Å²) < 4.78 is 0.997. The van der Waals surface area contributed by atoms with Gasteiger partial charge >= 0.3 is 5.97 Å². The van der Waals surface area contributed by atoms with Crippen molar-refractivity contribution < 1.29 is 9.90 Å². The lowest BCUT2D eigenvalue weighted by Crippen LogP contribution is -2.46. The summed E-state index contributed by atoms with van der Waals surface area (Å²) in [5.41, 5.74) is 2.16. The molecule has 2 aromatic rings. The van der Waals surface area contributed by atoms with Gasteiger partial charge in [-0.1, -0.05) is 40.5 Å². The molecule has 1 fully saturated rings. The summed E-state index contributed by atoms with van der Waals surface area (Å²) in [6.45, 7) is 0.783. The maximum atomic E-state index is 11.8. The first-order valence-corrected chi connectivity index (χ1v) is 8.60. The fourth-order valence-electron chi connectivity index (χ4n) is 3.32. The third-order valence-corrected chi connectivity index (χ3v) is 5.10. The minimum Gasteiger partial charge on any atom is -0.480 e. The van der Waals surface area contributed by atoms with Gasteiger partial charge in [-0.3, -0.25) is 14.7 Å². The molecular formula is C18H19BrN2O2. The molecule has 0 radical (unpaired) electrons. The third kappa shape index (κ3) is 3.46. The normalized spacial score (nSPS) is 20.1. The Kier molecular flexibility index (Phi) is 5.08. The van der Waals surface area contributed by atoms with E-state index in [1.54, 1.807) is 12.4 Å². The van der Waals surface area contributed by atoms with Gasteiger partial charge in [0, 0.05) is 16.9 Å². The number of carboxylic acids is 1. The average Bonchev–Trinajstić information content (AvgIpc) is 2.58. The molecule has 1 aliphatic rings. The number of nitrogens with zero attached hydrogens (tertiary/aromatic N) is 2. The van der Waals surface area contributed by atoms with E-state index < -0.39 is 12.0 Å². The number of rotatable bonds is 4. The molecule has 1 N–H and O–H groups in total. The van der Waals surface area contributed by atoms with E-state index in [9.17, 15) is 9.90 Å². The van der Waals surface area contributed by atoms with E-state index in [1.807, 2.05) is 30.3 Å². The number of carboxylic acid groups (broad SMARTS) is 1. The quantitative estimate of drug-likeness (QED) is 0.882. The SMILES string of the molecule is O=C(O)C1CCCCN1C(c1ccncc1)c1ccccc1Br. The Labute approximate surface area is 144 Å². The second-order valence-electron chi connectivity index (χ2n) is 5.79. The highest BCUT2D eigenvalue weighted by molar-refractivity contribution is 9.10. The smallest absolute Gasteiger partial charge is 0.320 e. The predicted octanol–water partition coefficient (Wildman–Crippen LogP) is 3.87. The molecule has 4 nitrogen and oxygen atoms in total. The standard InChI is InChI=1S/C18H19BrN2O2/c19-15-6-2-1-5-14(15)17(13-8-10-20-11-9-13)21-12-4-3-7-16(21)18(22)23/h1-2,5-6,8-11,16-17H,3-4,7,12H2,(H,22,23). The maximum Gasteiger partial charge on any atom is 0.320 e. The number of carbonyl (C=O) groups is 1. The number of halogens is 1. The number of pyridine rings is 1. The van der Waals surface area contributed by atoms with Crippen molar-refractivity contribution in [1.29, 1.82) is 0 Å². The minimum atomic E-state index is -0.740. The summed E-state index contributed by atoms with van der Waals surface area (Å²) in [5.74, 6) is -0.740. The Balaban J connectivity index is 2.08. The molecule has 5 heteroatoms. The van der Waals surface area contributed by atoms with E-state index in [0.29, 0.717) is 6.42 Å². The van der Waals surface area contributed by atoms with Gasteiger partial charge in [0.1, 0.15) is 6.04 Å². The van der Waals surface area contributed by atoms with Gasteiger partial charge in [-0.25, -0.2) is 0 Å². The predicted molar refractivity (Wildman–Crippen MR) is 92.2 cm³/mol. The number of hydrogen-bond acceptors (Lipinski definition) is 3. The molecule has 120 valence electrons. The van der Waals surface area contributed by atoms with Crippen molar-refractivity contribution in [2.24, 2.45) is 0 Å². The summed E-state index contributed by atoms with van der Waals surface area (Å²) >= 11 is 3.63. The van der Waals surface area contributed by atoms with Crippen LogP contribution < -0.4 is 0 Å². The Hall–Kier alpha value is -1.72. The molecule has 3 rings (SSSR count). The second-order valence-corrected chi connectivity index (χ2v) is 6.65. The van der Waals surface area contributed by atoms with Crippen molar-refractivity contribution >= 4 is 21.9 Å². The monoisotopic (exact) mass is 374 g/mol. The van der Waals surface area contributed by atoms with E-state index in [1.165, 1.54) is 0 Å². The van der Waals surface area contributed by atoms with Gasteiger partial charge in [0.2, 0.25) is 0 Å². The van der Waals surface area contributed by atoms with Crippen LogP contribution in [0.4, 0.5) is 0 Å². The summed E-state index contributed by atoms with van der Waals surface area (Å²) in [6.07, 6.45) is 6.21. The number of aromatic nitrogens is 1. The molecule has 0 saturated carbocycles. The molecule has 1 aromatic carbocycles. The first-order chi connectivity index (χ1) is 11.2. The zero-order valence-electron chi connectivity index (χ0n) is 12.7. The number of benzene rings is 1. The fraction of sp³-hybridized carbons (Fsp3) is 0.333. The van der Waals surface area contributed by atoms with Crippen molar-refractivity contribution in [1.82, 2.24) is 9.88 Å². The fourth-order valence-corrected chi connectivity index (χ4v) is 3.82. The molecule has 0 aliphatic carbocycles. The van der Waals surface area contributed by atoms with Crippen LogP contribution in [0.2, 0.25) is 0 Å². The summed E-state index contributed by atoms with van der Waals surface area (Å²) in [7, 11) is 0. The van der Waals surface area contributed by atoms with Crippen LogP contribution in [-0.2, 0) is 4.79 Å². The molecule has 1 saturated heterocycles. The van der Waals surface area contributed by atoms with Gasteiger partial charge in [0.15, 0.2) is 0 Å². The van der Waals surface area contributed by atoms with E-state index in [-0.39, 0.29) is 6.04 Å². The molecule has 0 bridgehead atoms. The molecule has 2 atom stereocenters. The molecule has 0 amide bonds. The molecule has 0 spiro atoms. The van der Waals surface area contributed by atoms with Gasteiger partial charge in [-0.2, -0.15) is 0 Å². The first kappa shape index (κ1) is 16.1. The second kappa shape index (κ2) is 7.23. The van der Waals surface area contributed by atoms with Gasteiger partial charge in [-0.05, 0) is 48.7 Å². The lowest BCUT2D eigenvalue weighted by atomic mass is 9.92. The molecule has 1 aliphatic heterocycles. The van der Waals surface area contributed by atoms with E-state index in [2.05, 4.69) is 31.9 Å². The number of hydrogen-bond donors (Lipinski definition) is 1. The number of aliphatic carboxylic acids is 1. The highest BCUT2D eigenvalue weighted by atomic mass is 79.9. The molecule has 2 unspecified atom stereocenters. The molecular weight excluding hydrogens is 356 g/mol. The highest BCUT2D eigenvalue weighted by Gasteiger charge is 2.35. The first-order valence-electron chi connectivity index (χ1n) is 7.81. The van der Waals surface area contributed by atoms with Crippen LogP contribution in [0, 0.1) is 0 Å². The van der Waals surface area contributed by atoms with Crippen LogP contribution in [0.1, 0.15) is 36.4 Å². The van der Waals surface area contributed by atoms with E-state index >= 15 is 0 Å². The summed E-state index contributed by atoms with van der Waals surface area (Å²) in [4.78, 5) is 18.0. The largest absolute Gasteiger partial charge is 0.480 e. The van der Waals surface area contributed by atoms with Crippen molar-refractivity contribution in [2.45, 2.75) is 31.3 Å². The zero-order chi connectivity index (χ0) is 16.2. The van der Waals surface area contributed by atoms with Crippen molar-refractivity contribution in [3.8, 4) is 0 Å². The van der Waals surface area contributed by atoms with Gasteiger partial charge in [0.05, 0.1) is 6.04 Å². The number of likely N-dealkylation sites (tertiary alicyclic amines) is 1. The van der Waals surface area contributed by atoms with Crippen molar-refractivity contribution in [2.75, 3.05) is 6.54 Å². The molecule has 2 heterocycles. The zero-order valence-corrected chi connectivity index (χ0v) is 14.3. The summed E-state index contributed by atoms with van der Waals surface area (Å²) in [5, 5.41) is 9.65. The van der Waals surface area contributed by atoms with Gasteiger partial charge < -0.3 is 5.11 Å². The Morgan fingerprint density at radius 1 is 1.22 bits per heavy atom. The Morgan fingerprint density at radius 2 is 1.96 bits per heavy atom. The van der Waals surface area contributed by atoms with Crippen molar-refractivity contribution in [3.63, 3.8) is 0 Å². The summed E-state index contributed by atoms with van der Waals surface area (Å²) in [6, 6.07) is 11.4. The van der Waals surface area contributed by atoms with Gasteiger partial charge in [-0.15, -0.1) is 0 Å². The Bertz CT molecular complexity index is 678. The highest BCUT2D eigenvalue weighted by Crippen LogP contribution is 2.37.